The van der Waals surface area contributed by atoms with E-state index in [1.165, 1.54) is 12.1 Å². The molecule has 2 N–H and O–H groups in total. The average Bonchev–Trinajstić information content (AvgIpc) is 3.26. The molecule has 0 bridgehead atoms. The minimum Gasteiger partial charge on any atom is -0.454 e. The highest BCUT2D eigenvalue weighted by Crippen LogP contribution is 2.33. The van der Waals surface area contributed by atoms with Crippen molar-refractivity contribution >= 4 is 32.7 Å². The van der Waals surface area contributed by atoms with Crippen LogP contribution < -0.4 is 19.5 Å². The van der Waals surface area contributed by atoms with E-state index in [-0.39, 0.29) is 17.5 Å². The summed E-state index contributed by atoms with van der Waals surface area (Å²) in [4.78, 5) is 9.23. The lowest BCUT2D eigenvalue weighted by molar-refractivity contribution is 0.174. The van der Waals surface area contributed by atoms with Gasteiger partial charge in [-0.05, 0) is 42.0 Å². The zero-order valence-electron chi connectivity index (χ0n) is 16.3. The SMILES string of the molecule is O=S(=O)(Nc1nc2ccccc2nc1NCc1ccc2c(c1)OCO2)c1ccccc1. The van der Waals surface area contributed by atoms with E-state index < -0.39 is 10.0 Å². The summed E-state index contributed by atoms with van der Waals surface area (Å²) in [7, 11) is -3.82. The molecule has 0 spiro atoms. The van der Waals surface area contributed by atoms with Gasteiger partial charge in [-0.15, -0.1) is 0 Å². The van der Waals surface area contributed by atoms with Crippen LogP contribution in [0.15, 0.2) is 77.7 Å². The third-order valence-corrected chi connectivity index (χ3v) is 6.11. The van der Waals surface area contributed by atoms with E-state index in [0.29, 0.717) is 34.9 Å². The number of ether oxygens (including phenoxy) is 2. The fourth-order valence-electron chi connectivity index (χ4n) is 3.22. The number of hydrogen-bond donors (Lipinski definition) is 2. The Balaban J connectivity index is 1.47. The first kappa shape index (κ1) is 19.1. The van der Waals surface area contributed by atoms with Crippen molar-refractivity contribution in [2.24, 2.45) is 0 Å². The van der Waals surface area contributed by atoms with Gasteiger partial charge in [-0.1, -0.05) is 36.4 Å². The molecule has 2 heterocycles. The van der Waals surface area contributed by atoms with Gasteiger partial charge in [-0.3, -0.25) is 4.72 Å². The van der Waals surface area contributed by atoms with Gasteiger partial charge in [0.25, 0.3) is 10.0 Å². The predicted octanol–water partition coefficient (Wildman–Crippen LogP) is 3.77. The van der Waals surface area contributed by atoms with Crippen molar-refractivity contribution in [3.05, 3.63) is 78.4 Å². The minimum atomic E-state index is -3.82. The average molecular weight is 434 g/mol. The number of benzene rings is 3. The Hall–Kier alpha value is -3.85. The van der Waals surface area contributed by atoms with Gasteiger partial charge in [0.15, 0.2) is 23.1 Å². The molecule has 1 aliphatic rings. The number of nitrogens with zero attached hydrogens (tertiary/aromatic N) is 2. The Morgan fingerprint density at radius 1 is 0.806 bits per heavy atom. The summed E-state index contributed by atoms with van der Waals surface area (Å²) in [5.41, 5.74) is 2.16. The van der Waals surface area contributed by atoms with Crippen molar-refractivity contribution in [2.75, 3.05) is 16.8 Å². The van der Waals surface area contributed by atoms with E-state index in [1.807, 2.05) is 36.4 Å². The molecule has 0 saturated heterocycles. The summed E-state index contributed by atoms with van der Waals surface area (Å²) >= 11 is 0. The summed E-state index contributed by atoms with van der Waals surface area (Å²) in [5, 5.41) is 3.19. The molecule has 31 heavy (non-hydrogen) atoms. The standard InChI is InChI=1S/C22H18N4O4S/c27-31(28,16-6-2-1-3-7-16)26-22-21(24-17-8-4-5-9-18(17)25-22)23-13-15-10-11-19-20(12-15)30-14-29-19/h1-12H,13-14H2,(H,23,24)(H,25,26). The fourth-order valence-corrected chi connectivity index (χ4v) is 4.25. The summed E-state index contributed by atoms with van der Waals surface area (Å²) in [5.74, 6) is 1.83. The van der Waals surface area contributed by atoms with Gasteiger partial charge < -0.3 is 14.8 Å². The number of rotatable bonds is 6. The molecule has 0 aliphatic carbocycles. The van der Waals surface area contributed by atoms with Gasteiger partial charge in [0, 0.05) is 6.54 Å². The van der Waals surface area contributed by atoms with E-state index >= 15 is 0 Å². The van der Waals surface area contributed by atoms with Crippen molar-refractivity contribution in [3.63, 3.8) is 0 Å². The second kappa shape index (κ2) is 7.77. The van der Waals surface area contributed by atoms with Crippen LogP contribution in [0.4, 0.5) is 11.6 Å². The minimum absolute atomic E-state index is 0.128. The van der Waals surface area contributed by atoms with Crippen LogP contribution in [0, 0.1) is 0 Å². The molecule has 8 nitrogen and oxygen atoms in total. The van der Waals surface area contributed by atoms with Gasteiger partial charge >= 0.3 is 0 Å². The largest absolute Gasteiger partial charge is 0.454 e. The lowest BCUT2D eigenvalue weighted by atomic mass is 10.2. The third kappa shape index (κ3) is 3.95. The van der Waals surface area contributed by atoms with Crippen molar-refractivity contribution in [3.8, 4) is 11.5 Å². The van der Waals surface area contributed by atoms with Crippen LogP contribution in [-0.4, -0.2) is 25.2 Å². The van der Waals surface area contributed by atoms with E-state index in [0.717, 1.165) is 5.56 Å². The number of nitrogens with one attached hydrogen (secondary N) is 2. The number of aromatic nitrogens is 2. The van der Waals surface area contributed by atoms with E-state index in [4.69, 9.17) is 9.47 Å². The maximum atomic E-state index is 12.9. The highest BCUT2D eigenvalue weighted by atomic mass is 32.2. The van der Waals surface area contributed by atoms with Crippen LogP contribution in [-0.2, 0) is 16.6 Å². The molecular weight excluding hydrogens is 416 g/mol. The van der Waals surface area contributed by atoms with Crippen LogP contribution in [0.25, 0.3) is 11.0 Å². The molecular formula is C22H18N4O4S. The van der Waals surface area contributed by atoms with Crippen LogP contribution in [0.2, 0.25) is 0 Å². The first-order valence-corrected chi connectivity index (χ1v) is 11.0. The molecule has 0 atom stereocenters. The lowest BCUT2D eigenvalue weighted by Gasteiger charge is -2.14. The quantitative estimate of drug-likeness (QED) is 0.476. The topological polar surface area (TPSA) is 102 Å². The molecule has 0 fully saturated rings. The summed E-state index contributed by atoms with van der Waals surface area (Å²) in [6, 6.07) is 21.0. The van der Waals surface area contributed by atoms with Gasteiger partial charge in [-0.25, -0.2) is 18.4 Å². The van der Waals surface area contributed by atoms with Crippen LogP contribution >= 0.6 is 0 Å². The molecule has 0 saturated carbocycles. The molecule has 5 rings (SSSR count). The summed E-state index contributed by atoms with van der Waals surface area (Å²) in [6.07, 6.45) is 0. The van der Waals surface area contributed by atoms with E-state index in [2.05, 4.69) is 20.0 Å². The van der Waals surface area contributed by atoms with Crippen LogP contribution in [0.1, 0.15) is 5.56 Å². The maximum Gasteiger partial charge on any atom is 0.263 e. The van der Waals surface area contributed by atoms with E-state index in [9.17, 15) is 8.42 Å². The molecule has 3 aromatic carbocycles. The summed E-state index contributed by atoms with van der Waals surface area (Å²) in [6.45, 7) is 0.595. The first-order chi connectivity index (χ1) is 15.1. The Morgan fingerprint density at radius 2 is 1.48 bits per heavy atom. The second-order valence-corrected chi connectivity index (χ2v) is 8.55. The Kier molecular flexibility index (Phi) is 4.79. The molecule has 4 aromatic rings. The number of para-hydroxylation sites is 2. The smallest absolute Gasteiger partial charge is 0.263 e. The highest BCUT2D eigenvalue weighted by Gasteiger charge is 2.19. The molecule has 0 radical (unpaired) electrons. The molecule has 0 unspecified atom stereocenters. The number of sulfonamides is 1. The zero-order valence-corrected chi connectivity index (χ0v) is 17.1. The fraction of sp³-hybridized carbons (Fsp3) is 0.0909. The predicted molar refractivity (Wildman–Crippen MR) is 117 cm³/mol. The van der Waals surface area contributed by atoms with Gasteiger partial charge in [0.2, 0.25) is 6.79 Å². The Morgan fingerprint density at radius 3 is 2.26 bits per heavy atom. The molecule has 9 heteroatoms. The van der Waals surface area contributed by atoms with Crippen molar-refractivity contribution in [1.29, 1.82) is 0 Å². The van der Waals surface area contributed by atoms with Gasteiger partial charge in [0.05, 0.1) is 15.9 Å². The van der Waals surface area contributed by atoms with Crippen LogP contribution in [0.3, 0.4) is 0 Å². The van der Waals surface area contributed by atoms with Crippen molar-refractivity contribution in [1.82, 2.24) is 9.97 Å². The second-order valence-electron chi connectivity index (χ2n) is 6.87. The zero-order chi connectivity index (χ0) is 21.3. The number of fused-ring (bicyclic) bond motifs is 2. The van der Waals surface area contributed by atoms with Crippen LogP contribution in [0.5, 0.6) is 11.5 Å². The lowest BCUT2D eigenvalue weighted by Crippen LogP contribution is -2.16. The number of anilines is 2. The molecule has 1 aromatic heterocycles. The van der Waals surface area contributed by atoms with Crippen molar-refractivity contribution in [2.45, 2.75) is 11.4 Å². The number of hydrogen-bond acceptors (Lipinski definition) is 7. The first-order valence-electron chi connectivity index (χ1n) is 9.55. The molecule has 156 valence electrons. The Bertz CT molecular complexity index is 1360. The molecule has 0 amide bonds. The highest BCUT2D eigenvalue weighted by molar-refractivity contribution is 7.92. The normalized spacial score (nSPS) is 12.6. The maximum absolute atomic E-state index is 12.9. The Labute approximate surface area is 178 Å². The summed E-state index contributed by atoms with van der Waals surface area (Å²) < 4.78 is 39.0. The van der Waals surface area contributed by atoms with Gasteiger partial charge in [-0.2, -0.15) is 0 Å². The van der Waals surface area contributed by atoms with E-state index in [1.54, 1.807) is 24.3 Å². The van der Waals surface area contributed by atoms with Crippen molar-refractivity contribution < 1.29 is 17.9 Å². The monoisotopic (exact) mass is 434 g/mol. The molecule has 1 aliphatic heterocycles. The van der Waals surface area contributed by atoms with Gasteiger partial charge in [0.1, 0.15) is 0 Å². The third-order valence-electron chi connectivity index (χ3n) is 4.75.